The minimum absolute atomic E-state index is 0.871. The number of fused-ring (bicyclic) bond motifs is 8. The summed E-state index contributed by atoms with van der Waals surface area (Å²) in [6, 6.07) is 56.0. The molecule has 5 heteroatoms. The molecular weight excluding hydrogens is 625 g/mol. The van der Waals surface area contributed by atoms with E-state index in [0.29, 0.717) is 0 Å². The van der Waals surface area contributed by atoms with Crippen molar-refractivity contribution in [2.75, 3.05) is 4.90 Å². The first-order valence-electron chi connectivity index (χ1n) is 16.0. The average Bonchev–Trinajstić information content (AvgIpc) is 3.85. The van der Waals surface area contributed by atoms with Crippen molar-refractivity contribution in [2.45, 2.75) is 0 Å². The minimum Gasteiger partial charge on any atom is -0.456 e. The van der Waals surface area contributed by atoms with E-state index in [1.807, 2.05) is 23.5 Å². The molecule has 0 spiro atoms. The Balaban J connectivity index is 1.22. The number of furan rings is 1. The molecule has 0 N–H and O–H groups in total. The Morgan fingerprint density at radius 1 is 0.479 bits per heavy atom. The van der Waals surface area contributed by atoms with Crippen molar-refractivity contribution in [1.29, 1.82) is 0 Å². The fourth-order valence-electron chi connectivity index (χ4n) is 6.90. The van der Waals surface area contributed by atoms with E-state index in [1.165, 1.54) is 30.4 Å². The molecule has 0 saturated heterocycles. The van der Waals surface area contributed by atoms with Gasteiger partial charge in [0.15, 0.2) is 0 Å². The zero-order chi connectivity index (χ0) is 31.6. The van der Waals surface area contributed by atoms with Gasteiger partial charge in [0.1, 0.15) is 16.2 Å². The standard InChI is InChI=1S/C43H26N2OS2/c1-3-11-27(12-4-1)31-15-7-9-17-35(31)45(30-19-21-33-32-16-8-10-18-36(32)46-37(33)26-30)29-20-22-38-34(25-29)41-39(47-38)23-24-40-42(41)44-43(48-40)28-13-5-2-6-14-28/h1-26H. The number of nitrogens with zero attached hydrogens (tertiary/aromatic N) is 2. The van der Waals surface area contributed by atoms with Gasteiger partial charge in [-0.25, -0.2) is 4.98 Å². The van der Waals surface area contributed by atoms with Crippen LogP contribution in [0.15, 0.2) is 162 Å². The molecule has 3 nitrogen and oxygen atoms in total. The average molecular weight is 651 g/mol. The third-order valence-corrected chi connectivity index (χ3v) is 11.3. The number of thiazole rings is 1. The molecule has 226 valence electrons. The predicted molar refractivity (Wildman–Crippen MR) is 205 cm³/mol. The van der Waals surface area contributed by atoms with Crippen LogP contribution in [0, 0.1) is 0 Å². The van der Waals surface area contributed by atoms with E-state index >= 15 is 0 Å². The van der Waals surface area contributed by atoms with Crippen molar-refractivity contribution in [1.82, 2.24) is 4.98 Å². The number of para-hydroxylation sites is 2. The molecule has 0 unspecified atom stereocenters. The van der Waals surface area contributed by atoms with E-state index < -0.39 is 0 Å². The summed E-state index contributed by atoms with van der Waals surface area (Å²) in [7, 11) is 0. The normalized spacial score (nSPS) is 11.8. The Kier molecular flexibility index (Phi) is 6.22. The Hall–Kier alpha value is -5.75. The second-order valence-corrected chi connectivity index (χ2v) is 14.1. The molecule has 0 saturated carbocycles. The van der Waals surface area contributed by atoms with Crippen molar-refractivity contribution in [3.8, 4) is 21.7 Å². The molecule has 0 amide bonds. The highest BCUT2D eigenvalue weighted by molar-refractivity contribution is 7.26. The summed E-state index contributed by atoms with van der Waals surface area (Å²) >= 11 is 3.59. The van der Waals surface area contributed by atoms with Crippen molar-refractivity contribution < 1.29 is 4.42 Å². The number of anilines is 3. The van der Waals surface area contributed by atoms with Crippen LogP contribution in [0.1, 0.15) is 0 Å². The Morgan fingerprint density at radius 2 is 1.15 bits per heavy atom. The van der Waals surface area contributed by atoms with Crippen molar-refractivity contribution in [3.63, 3.8) is 0 Å². The molecule has 7 aromatic carbocycles. The lowest BCUT2D eigenvalue weighted by molar-refractivity contribution is 0.669. The van der Waals surface area contributed by atoms with Gasteiger partial charge in [-0.15, -0.1) is 22.7 Å². The van der Waals surface area contributed by atoms with Crippen LogP contribution in [0.25, 0.3) is 74.0 Å². The van der Waals surface area contributed by atoms with E-state index in [2.05, 4.69) is 150 Å². The molecule has 0 aliphatic rings. The smallest absolute Gasteiger partial charge is 0.137 e. The maximum Gasteiger partial charge on any atom is 0.137 e. The summed E-state index contributed by atoms with van der Waals surface area (Å²) in [5.41, 5.74) is 9.53. The highest BCUT2D eigenvalue weighted by atomic mass is 32.1. The van der Waals surface area contributed by atoms with Gasteiger partial charge in [-0.05, 0) is 60.2 Å². The predicted octanol–water partition coefficient (Wildman–Crippen LogP) is 13.4. The van der Waals surface area contributed by atoms with Crippen LogP contribution in [0.3, 0.4) is 0 Å². The van der Waals surface area contributed by atoms with Crippen molar-refractivity contribution in [3.05, 3.63) is 158 Å². The van der Waals surface area contributed by atoms with Crippen LogP contribution < -0.4 is 4.90 Å². The molecule has 0 aliphatic carbocycles. The van der Waals surface area contributed by atoms with Gasteiger partial charge in [-0.1, -0.05) is 97.1 Å². The largest absolute Gasteiger partial charge is 0.456 e. The highest BCUT2D eigenvalue weighted by Crippen LogP contribution is 2.46. The van der Waals surface area contributed by atoms with Crippen molar-refractivity contribution >= 4 is 92.1 Å². The van der Waals surface area contributed by atoms with Crippen molar-refractivity contribution in [2.24, 2.45) is 0 Å². The van der Waals surface area contributed by atoms with Crippen LogP contribution in [-0.2, 0) is 0 Å². The molecule has 0 bridgehead atoms. The zero-order valence-corrected chi connectivity index (χ0v) is 27.3. The van der Waals surface area contributed by atoms with Gasteiger partial charge in [0.25, 0.3) is 0 Å². The maximum atomic E-state index is 6.40. The number of benzene rings is 7. The van der Waals surface area contributed by atoms with Gasteiger partial charge in [0.2, 0.25) is 0 Å². The summed E-state index contributed by atoms with van der Waals surface area (Å²) in [5, 5.41) is 5.73. The molecule has 3 heterocycles. The monoisotopic (exact) mass is 650 g/mol. The summed E-state index contributed by atoms with van der Waals surface area (Å²) in [6.45, 7) is 0. The van der Waals surface area contributed by atoms with Crippen LogP contribution in [0.4, 0.5) is 17.1 Å². The molecule has 0 aliphatic heterocycles. The van der Waals surface area contributed by atoms with E-state index in [-0.39, 0.29) is 0 Å². The van der Waals surface area contributed by atoms with Crippen LogP contribution in [0.2, 0.25) is 0 Å². The SMILES string of the molecule is c1ccc(-c2nc3c(ccc4sc5ccc(N(c6ccc7c(c6)oc6ccccc67)c6ccccc6-c6ccccc6)cc5c43)s2)cc1. The fraction of sp³-hybridized carbons (Fsp3) is 0. The Morgan fingerprint density at radius 3 is 2.02 bits per heavy atom. The van der Waals surface area contributed by atoms with E-state index in [0.717, 1.165) is 60.7 Å². The molecule has 0 radical (unpaired) electrons. The fourth-order valence-corrected chi connectivity index (χ4v) is 8.96. The van der Waals surface area contributed by atoms with Crippen LogP contribution in [-0.4, -0.2) is 4.98 Å². The summed E-state index contributed by atoms with van der Waals surface area (Å²) < 4.78 is 10.1. The first-order valence-corrected chi connectivity index (χ1v) is 17.6. The van der Waals surface area contributed by atoms with Gasteiger partial charge in [0.05, 0.1) is 15.9 Å². The lowest BCUT2D eigenvalue weighted by atomic mass is 10.0. The quantitative estimate of drug-likeness (QED) is 0.186. The first kappa shape index (κ1) is 27.4. The lowest BCUT2D eigenvalue weighted by Crippen LogP contribution is -2.11. The zero-order valence-electron chi connectivity index (χ0n) is 25.6. The molecule has 10 aromatic rings. The van der Waals surface area contributed by atoms with Gasteiger partial charge in [-0.3, -0.25) is 0 Å². The van der Waals surface area contributed by atoms with E-state index in [4.69, 9.17) is 9.40 Å². The second kappa shape index (κ2) is 10.9. The Bertz CT molecular complexity index is 2790. The summed E-state index contributed by atoms with van der Waals surface area (Å²) in [6.07, 6.45) is 0. The number of aromatic nitrogens is 1. The molecule has 0 atom stereocenters. The summed E-state index contributed by atoms with van der Waals surface area (Å²) in [5.74, 6) is 0. The summed E-state index contributed by atoms with van der Waals surface area (Å²) in [4.78, 5) is 7.60. The molecule has 0 fully saturated rings. The molecule has 48 heavy (non-hydrogen) atoms. The third-order valence-electron chi connectivity index (χ3n) is 9.10. The second-order valence-electron chi connectivity index (χ2n) is 12.0. The molecule has 10 rings (SSSR count). The van der Waals surface area contributed by atoms with E-state index in [1.54, 1.807) is 11.3 Å². The van der Waals surface area contributed by atoms with Gasteiger partial charge in [-0.2, -0.15) is 0 Å². The molecule has 3 aromatic heterocycles. The third kappa shape index (κ3) is 4.36. The number of thiophene rings is 1. The van der Waals surface area contributed by atoms with Crippen LogP contribution >= 0.6 is 22.7 Å². The molecular formula is C43H26N2OS2. The highest BCUT2D eigenvalue weighted by Gasteiger charge is 2.21. The minimum atomic E-state index is 0.871. The maximum absolute atomic E-state index is 6.40. The van der Waals surface area contributed by atoms with Crippen LogP contribution in [0.5, 0.6) is 0 Å². The van der Waals surface area contributed by atoms with Gasteiger partial charge in [0, 0.05) is 59.5 Å². The topological polar surface area (TPSA) is 29.3 Å². The Labute approximate surface area is 284 Å². The first-order chi connectivity index (χ1) is 23.8. The number of hydrogen-bond donors (Lipinski definition) is 0. The van der Waals surface area contributed by atoms with Gasteiger partial charge < -0.3 is 9.32 Å². The number of hydrogen-bond acceptors (Lipinski definition) is 5. The van der Waals surface area contributed by atoms with E-state index in [9.17, 15) is 0 Å². The number of rotatable bonds is 5. The lowest BCUT2D eigenvalue weighted by Gasteiger charge is -2.28. The van der Waals surface area contributed by atoms with Gasteiger partial charge >= 0.3 is 0 Å².